The van der Waals surface area contributed by atoms with Gasteiger partial charge in [-0.05, 0) is 60.8 Å². The van der Waals surface area contributed by atoms with E-state index in [-0.39, 0.29) is 17.4 Å². The van der Waals surface area contributed by atoms with Crippen molar-refractivity contribution in [1.82, 2.24) is 5.32 Å². The van der Waals surface area contributed by atoms with Crippen LogP contribution in [0, 0.1) is 19.3 Å². The third-order valence-electron chi connectivity index (χ3n) is 6.58. The lowest BCUT2D eigenvalue weighted by molar-refractivity contribution is -0.183. The highest BCUT2D eigenvalue weighted by molar-refractivity contribution is 5.82. The van der Waals surface area contributed by atoms with Crippen LogP contribution < -0.4 is 5.32 Å². The van der Waals surface area contributed by atoms with Crippen LogP contribution in [-0.4, -0.2) is 23.2 Å². The number of ether oxygens (including phenoxy) is 1. The van der Waals surface area contributed by atoms with Crippen LogP contribution in [0.2, 0.25) is 0 Å². The van der Waals surface area contributed by atoms with Gasteiger partial charge in [-0.2, -0.15) is 0 Å². The summed E-state index contributed by atoms with van der Waals surface area (Å²) in [5.41, 5.74) is 4.44. The molecular formula is C23H25NO4. The van der Waals surface area contributed by atoms with Crippen LogP contribution in [0.15, 0.2) is 48.5 Å². The number of carbonyl (C=O) groups excluding carboxylic acids is 1. The van der Waals surface area contributed by atoms with E-state index in [4.69, 9.17) is 4.74 Å². The summed E-state index contributed by atoms with van der Waals surface area (Å²) in [7, 11) is 0. The molecule has 3 aliphatic carbocycles. The number of aliphatic carboxylic acids is 1. The minimum atomic E-state index is -0.995. The van der Waals surface area contributed by atoms with Crippen molar-refractivity contribution < 1.29 is 19.4 Å². The van der Waals surface area contributed by atoms with Crippen molar-refractivity contribution in [2.45, 2.75) is 51.2 Å². The third-order valence-corrected chi connectivity index (χ3v) is 6.58. The molecule has 0 heterocycles. The molecular weight excluding hydrogens is 354 g/mol. The van der Waals surface area contributed by atoms with Gasteiger partial charge >= 0.3 is 12.1 Å². The fraction of sp³-hybridized carbons (Fsp3) is 0.391. The van der Waals surface area contributed by atoms with Gasteiger partial charge in [0, 0.05) is 5.41 Å². The number of rotatable bonds is 6. The number of hydrogen-bond donors (Lipinski definition) is 2. The van der Waals surface area contributed by atoms with Gasteiger partial charge in [0.05, 0.1) is 0 Å². The van der Waals surface area contributed by atoms with E-state index in [2.05, 4.69) is 37.4 Å². The smallest absolute Gasteiger partial charge is 0.408 e. The van der Waals surface area contributed by atoms with E-state index >= 15 is 0 Å². The Morgan fingerprint density at radius 3 is 2.39 bits per heavy atom. The van der Waals surface area contributed by atoms with E-state index in [0.717, 1.165) is 24.8 Å². The first-order valence-electron chi connectivity index (χ1n) is 9.62. The highest BCUT2D eigenvalue weighted by Gasteiger charge is 2.72. The van der Waals surface area contributed by atoms with E-state index in [9.17, 15) is 14.7 Å². The van der Waals surface area contributed by atoms with E-state index in [1.165, 1.54) is 16.7 Å². The minimum absolute atomic E-state index is 0.0689. The summed E-state index contributed by atoms with van der Waals surface area (Å²) in [4.78, 5) is 24.1. The molecule has 28 heavy (non-hydrogen) atoms. The third kappa shape index (κ3) is 2.95. The Kier molecular flexibility index (Phi) is 4.41. The van der Waals surface area contributed by atoms with Gasteiger partial charge in [0.2, 0.25) is 0 Å². The van der Waals surface area contributed by atoms with Crippen LogP contribution in [-0.2, 0) is 21.6 Å². The highest BCUT2D eigenvalue weighted by atomic mass is 16.5. The molecule has 2 N–H and O–H groups in total. The maximum absolute atomic E-state index is 12.2. The second-order valence-corrected chi connectivity index (χ2v) is 8.40. The highest BCUT2D eigenvalue weighted by Crippen LogP contribution is 2.75. The zero-order valence-electron chi connectivity index (χ0n) is 16.2. The Bertz CT molecular complexity index is 902. The van der Waals surface area contributed by atoms with Gasteiger partial charge in [-0.3, -0.25) is 0 Å². The van der Waals surface area contributed by atoms with Crippen LogP contribution >= 0.6 is 0 Å². The van der Waals surface area contributed by atoms with Gasteiger partial charge in [0.15, 0.2) is 0 Å². The molecule has 5 rings (SSSR count). The topological polar surface area (TPSA) is 75.6 Å². The number of carboxylic acid groups (broad SMARTS) is 1. The molecule has 1 amide bonds. The summed E-state index contributed by atoms with van der Waals surface area (Å²) >= 11 is 0. The number of hydrogen-bond acceptors (Lipinski definition) is 3. The van der Waals surface area contributed by atoms with Crippen molar-refractivity contribution in [1.29, 1.82) is 0 Å². The molecule has 0 saturated heterocycles. The zero-order chi connectivity index (χ0) is 19.9. The number of benzene rings is 2. The van der Waals surface area contributed by atoms with Gasteiger partial charge in [0.25, 0.3) is 0 Å². The lowest BCUT2D eigenvalue weighted by Gasteiger charge is -2.73. The van der Waals surface area contributed by atoms with Crippen LogP contribution in [0.3, 0.4) is 0 Å². The van der Waals surface area contributed by atoms with Gasteiger partial charge in [-0.25, -0.2) is 9.59 Å². The first-order valence-corrected chi connectivity index (χ1v) is 9.62. The summed E-state index contributed by atoms with van der Waals surface area (Å²) in [6, 6.07) is 14.7. The molecule has 0 spiro atoms. The van der Waals surface area contributed by atoms with Gasteiger partial charge in [0.1, 0.15) is 12.6 Å². The maximum atomic E-state index is 12.2. The lowest BCUT2D eigenvalue weighted by Crippen LogP contribution is -2.73. The molecule has 1 atom stereocenters. The second-order valence-electron chi connectivity index (χ2n) is 8.40. The lowest BCUT2D eigenvalue weighted by atomic mass is 9.31. The summed E-state index contributed by atoms with van der Waals surface area (Å²) in [5, 5.41) is 12.3. The molecule has 3 aliphatic rings. The van der Waals surface area contributed by atoms with E-state index in [1.807, 2.05) is 30.3 Å². The SMILES string of the molecule is Cc1cccc(C23CC(C(NC(=O)OCc4ccccc4)C(=O)O)(C2)C3)c1C. The van der Waals surface area contributed by atoms with Gasteiger partial charge in [-0.1, -0.05) is 48.5 Å². The number of aryl methyl sites for hydroxylation is 1. The summed E-state index contributed by atoms with van der Waals surface area (Å²) in [6.45, 7) is 4.36. The van der Waals surface area contributed by atoms with Crippen LogP contribution in [0.4, 0.5) is 4.79 Å². The van der Waals surface area contributed by atoms with Gasteiger partial charge < -0.3 is 15.2 Å². The van der Waals surface area contributed by atoms with Gasteiger partial charge in [-0.15, -0.1) is 0 Å². The summed E-state index contributed by atoms with van der Waals surface area (Å²) in [5.74, 6) is -0.995. The normalized spacial score (nSPS) is 25.8. The molecule has 2 aromatic carbocycles. The Balaban J connectivity index is 1.40. The number of alkyl carbamates (subject to hydrolysis) is 1. The Hall–Kier alpha value is -2.82. The predicted molar refractivity (Wildman–Crippen MR) is 105 cm³/mol. The second kappa shape index (κ2) is 6.66. The molecule has 3 fully saturated rings. The molecule has 5 heteroatoms. The molecule has 5 nitrogen and oxygen atoms in total. The van der Waals surface area contributed by atoms with E-state index < -0.39 is 18.1 Å². The molecule has 0 aliphatic heterocycles. The van der Waals surface area contributed by atoms with Crippen molar-refractivity contribution in [2.24, 2.45) is 5.41 Å². The predicted octanol–water partition coefficient (Wildman–Crippen LogP) is 4.10. The number of nitrogens with one attached hydrogen (secondary N) is 1. The molecule has 3 saturated carbocycles. The van der Waals surface area contributed by atoms with Crippen molar-refractivity contribution in [2.75, 3.05) is 0 Å². The number of carbonyl (C=O) groups is 2. The quantitative estimate of drug-likeness (QED) is 0.792. The molecule has 146 valence electrons. The number of amides is 1. The van der Waals surface area contributed by atoms with Crippen LogP contribution in [0.25, 0.3) is 0 Å². The Labute approximate surface area is 164 Å². The van der Waals surface area contributed by atoms with Crippen LogP contribution in [0.1, 0.15) is 41.5 Å². The maximum Gasteiger partial charge on any atom is 0.408 e. The molecule has 2 bridgehead atoms. The van der Waals surface area contributed by atoms with Crippen molar-refractivity contribution >= 4 is 12.1 Å². The largest absolute Gasteiger partial charge is 0.480 e. The fourth-order valence-corrected chi connectivity index (χ4v) is 5.14. The molecule has 1 unspecified atom stereocenters. The molecule has 0 radical (unpaired) electrons. The van der Waals surface area contributed by atoms with Crippen molar-refractivity contribution in [3.63, 3.8) is 0 Å². The molecule has 2 aromatic rings. The Morgan fingerprint density at radius 2 is 1.75 bits per heavy atom. The Morgan fingerprint density at radius 1 is 1.07 bits per heavy atom. The fourth-order valence-electron chi connectivity index (χ4n) is 5.14. The summed E-state index contributed by atoms with van der Waals surface area (Å²) in [6.07, 6.45) is 1.70. The average Bonchev–Trinajstić information content (AvgIpc) is 2.61. The van der Waals surface area contributed by atoms with Crippen molar-refractivity contribution in [3.05, 3.63) is 70.8 Å². The average molecular weight is 379 g/mol. The minimum Gasteiger partial charge on any atom is -0.480 e. The van der Waals surface area contributed by atoms with E-state index in [0.29, 0.717) is 0 Å². The summed E-state index contributed by atoms with van der Waals surface area (Å²) < 4.78 is 5.22. The molecule has 0 aromatic heterocycles. The van der Waals surface area contributed by atoms with E-state index in [1.54, 1.807) is 0 Å². The monoisotopic (exact) mass is 379 g/mol. The van der Waals surface area contributed by atoms with Crippen LogP contribution in [0.5, 0.6) is 0 Å². The standard InChI is InChI=1S/C23H25NO4/c1-15-7-6-10-18(16(15)2)22-12-23(13-22,14-22)19(20(25)26)24-21(27)28-11-17-8-4-3-5-9-17/h3-10,19H,11-14H2,1-2H3,(H,24,27)(H,25,26). The van der Waals surface area contributed by atoms with Crippen molar-refractivity contribution in [3.8, 4) is 0 Å². The number of carboxylic acids is 1. The first-order chi connectivity index (χ1) is 13.4. The first kappa shape index (κ1) is 18.5. The zero-order valence-corrected chi connectivity index (χ0v) is 16.2.